The van der Waals surface area contributed by atoms with Crippen LogP contribution < -0.4 is 5.73 Å². The summed E-state index contributed by atoms with van der Waals surface area (Å²) in [6.45, 7) is 6.67. The highest BCUT2D eigenvalue weighted by Gasteiger charge is 2.70. The molecule has 2 rings (SSSR count). The lowest BCUT2D eigenvalue weighted by molar-refractivity contribution is -0.230. The number of ether oxygens (including phenoxy) is 1. The summed E-state index contributed by atoms with van der Waals surface area (Å²) in [6, 6.07) is 1.99. The first-order valence-corrected chi connectivity index (χ1v) is 7.33. The van der Waals surface area contributed by atoms with E-state index < -0.39 is 5.54 Å². The summed E-state index contributed by atoms with van der Waals surface area (Å²) in [4.78, 5) is 14.5. The predicted octanol–water partition coefficient (Wildman–Crippen LogP) is 1.28. The van der Waals surface area contributed by atoms with Gasteiger partial charge in [-0.1, -0.05) is 13.8 Å². The Balaban J connectivity index is 2.21. The lowest BCUT2D eigenvalue weighted by Gasteiger charge is -2.65. The molecule has 1 saturated heterocycles. The second-order valence-electron chi connectivity index (χ2n) is 6.76. The first-order chi connectivity index (χ1) is 9.28. The van der Waals surface area contributed by atoms with Crippen LogP contribution in [0.15, 0.2) is 0 Å². The van der Waals surface area contributed by atoms with E-state index in [1.54, 1.807) is 11.9 Å². The highest BCUT2D eigenvalue weighted by molar-refractivity contribution is 5.89. The molecule has 4 unspecified atom stereocenters. The highest BCUT2D eigenvalue weighted by Crippen LogP contribution is 2.57. The number of nitrogens with two attached hydrogens (primary N) is 1. The van der Waals surface area contributed by atoms with Gasteiger partial charge in [-0.05, 0) is 19.8 Å². The lowest BCUT2D eigenvalue weighted by Crippen LogP contribution is -2.82. The zero-order valence-corrected chi connectivity index (χ0v) is 12.8. The molecule has 0 aromatic heterocycles. The van der Waals surface area contributed by atoms with Crippen LogP contribution >= 0.6 is 0 Å². The first kappa shape index (κ1) is 15.3. The molecule has 2 N–H and O–H groups in total. The predicted molar refractivity (Wildman–Crippen MR) is 75.6 cm³/mol. The third kappa shape index (κ3) is 1.86. The molecule has 1 aliphatic heterocycles. The van der Waals surface area contributed by atoms with Crippen molar-refractivity contribution in [2.75, 3.05) is 13.7 Å². The Morgan fingerprint density at radius 2 is 2.25 bits per heavy atom. The van der Waals surface area contributed by atoms with Gasteiger partial charge in [0.05, 0.1) is 18.6 Å². The van der Waals surface area contributed by atoms with E-state index in [2.05, 4.69) is 6.07 Å². The first-order valence-electron chi connectivity index (χ1n) is 7.33. The van der Waals surface area contributed by atoms with Crippen LogP contribution in [0.2, 0.25) is 0 Å². The quantitative estimate of drug-likeness (QED) is 0.844. The van der Waals surface area contributed by atoms with E-state index in [4.69, 9.17) is 15.7 Å². The largest absolute Gasteiger partial charge is 0.377 e. The molecule has 1 amide bonds. The molecule has 2 fully saturated rings. The molecule has 0 aromatic carbocycles. The van der Waals surface area contributed by atoms with Gasteiger partial charge in [0.1, 0.15) is 5.54 Å². The molecule has 1 heterocycles. The van der Waals surface area contributed by atoms with E-state index in [0.29, 0.717) is 6.42 Å². The van der Waals surface area contributed by atoms with Gasteiger partial charge in [-0.25, -0.2) is 0 Å². The fraction of sp³-hybridized carbons (Fsp3) is 0.867. The number of amides is 1. The Labute approximate surface area is 121 Å². The molecular formula is C15H25N3O2. The van der Waals surface area contributed by atoms with Crippen LogP contribution in [0.3, 0.4) is 0 Å². The summed E-state index contributed by atoms with van der Waals surface area (Å²) in [7, 11) is 1.74. The van der Waals surface area contributed by atoms with E-state index >= 15 is 0 Å². The van der Waals surface area contributed by atoms with Crippen molar-refractivity contribution in [2.24, 2.45) is 17.1 Å². The Kier molecular flexibility index (Phi) is 3.83. The molecule has 1 saturated carbocycles. The van der Waals surface area contributed by atoms with Crippen LogP contribution in [0.1, 0.15) is 40.0 Å². The molecule has 20 heavy (non-hydrogen) atoms. The molecule has 112 valence electrons. The highest BCUT2D eigenvalue weighted by atomic mass is 16.5. The zero-order chi connectivity index (χ0) is 15.1. The van der Waals surface area contributed by atoms with Crippen molar-refractivity contribution in [2.45, 2.75) is 57.7 Å². The summed E-state index contributed by atoms with van der Waals surface area (Å²) in [5, 5.41) is 8.79. The second kappa shape index (κ2) is 5.01. The number of fused-ring (bicyclic) bond motifs is 1. The van der Waals surface area contributed by atoms with Gasteiger partial charge < -0.3 is 15.4 Å². The fourth-order valence-electron chi connectivity index (χ4n) is 3.77. The van der Waals surface area contributed by atoms with Gasteiger partial charge in [0, 0.05) is 31.0 Å². The zero-order valence-electron chi connectivity index (χ0n) is 12.8. The Bertz CT molecular complexity index is 443. The lowest BCUT2D eigenvalue weighted by atomic mass is 9.46. The van der Waals surface area contributed by atoms with Gasteiger partial charge >= 0.3 is 0 Å². The summed E-state index contributed by atoms with van der Waals surface area (Å²) in [5.41, 5.74) is 5.32. The molecule has 1 aliphatic carbocycles. The van der Waals surface area contributed by atoms with Crippen molar-refractivity contribution in [3.63, 3.8) is 0 Å². The monoisotopic (exact) mass is 279 g/mol. The third-order valence-electron chi connectivity index (χ3n) is 5.41. The van der Waals surface area contributed by atoms with E-state index in [-0.39, 0.29) is 29.4 Å². The number of nitriles is 1. The summed E-state index contributed by atoms with van der Waals surface area (Å²) >= 11 is 0. The third-order valence-corrected chi connectivity index (χ3v) is 5.41. The van der Waals surface area contributed by atoms with Gasteiger partial charge in [0.15, 0.2) is 0 Å². The number of hydrogen-bond donors (Lipinski definition) is 1. The molecule has 5 heteroatoms. The van der Waals surface area contributed by atoms with Crippen molar-refractivity contribution in [1.29, 1.82) is 5.26 Å². The minimum Gasteiger partial charge on any atom is -0.377 e. The van der Waals surface area contributed by atoms with Crippen molar-refractivity contribution in [1.82, 2.24) is 4.90 Å². The fourth-order valence-corrected chi connectivity index (χ4v) is 3.77. The van der Waals surface area contributed by atoms with Crippen LogP contribution in [0.4, 0.5) is 0 Å². The van der Waals surface area contributed by atoms with E-state index in [9.17, 15) is 4.79 Å². The summed E-state index contributed by atoms with van der Waals surface area (Å²) in [6.07, 6.45) is 2.30. The molecule has 5 nitrogen and oxygen atoms in total. The van der Waals surface area contributed by atoms with E-state index in [1.165, 1.54) is 0 Å². The number of hydrogen-bond acceptors (Lipinski definition) is 4. The van der Waals surface area contributed by atoms with E-state index in [0.717, 1.165) is 19.4 Å². The Morgan fingerprint density at radius 1 is 1.60 bits per heavy atom. The summed E-state index contributed by atoms with van der Waals surface area (Å²) in [5.74, 6) is 0.0347. The van der Waals surface area contributed by atoms with Gasteiger partial charge in [-0.15, -0.1) is 0 Å². The number of rotatable bonds is 3. The normalized spacial score (nSPS) is 36.2. The molecule has 2 aliphatic rings. The van der Waals surface area contributed by atoms with Gasteiger partial charge in [0.2, 0.25) is 5.91 Å². The number of carbonyl (C=O) groups is 1. The number of likely N-dealkylation sites (N-methyl/N-ethyl adjacent to an activating group) is 1. The smallest absolute Gasteiger partial charge is 0.243 e. The van der Waals surface area contributed by atoms with E-state index in [1.807, 2.05) is 20.8 Å². The van der Waals surface area contributed by atoms with Crippen LogP contribution in [0.25, 0.3) is 0 Å². The van der Waals surface area contributed by atoms with Gasteiger partial charge in [-0.2, -0.15) is 5.26 Å². The minimum atomic E-state index is -0.878. The molecule has 0 radical (unpaired) electrons. The molecule has 4 atom stereocenters. The average Bonchev–Trinajstić information content (AvgIpc) is 2.45. The maximum atomic E-state index is 12.9. The maximum absolute atomic E-state index is 12.9. The van der Waals surface area contributed by atoms with Gasteiger partial charge in [0.25, 0.3) is 0 Å². The van der Waals surface area contributed by atoms with Crippen molar-refractivity contribution < 1.29 is 9.53 Å². The molecule has 0 aromatic rings. The Morgan fingerprint density at radius 3 is 2.85 bits per heavy atom. The van der Waals surface area contributed by atoms with Crippen LogP contribution in [0, 0.1) is 22.7 Å². The topological polar surface area (TPSA) is 79.4 Å². The van der Waals surface area contributed by atoms with Crippen molar-refractivity contribution in [3.05, 3.63) is 0 Å². The van der Waals surface area contributed by atoms with Crippen LogP contribution in [-0.2, 0) is 9.53 Å². The van der Waals surface area contributed by atoms with Crippen LogP contribution in [0.5, 0.6) is 0 Å². The maximum Gasteiger partial charge on any atom is 0.243 e. The van der Waals surface area contributed by atoms with Crippen LogP contribution in [-0.4, -0.2) is 42.1 Å². The number of nitrogens with zero attached hydrogens (tertiary/aromatic N) is 2. The Hall–Kier alpha value is -1.12. The molecule has 0 bridgehead atoms. The average molecular weight is 279 g/mol. The molecule has 0 spiro atoms. The minimum absolute atomic E-state index is 0.0583. The SMILES string of the molecule is CC(CC#N)N(C)C(=O)C1(N)C2CCCOC2C1(C)C. The van der Waals surface area contributed by atoms with Gasteiger partial charge in [-0.3, -0.25) is 4.79 Å². The second-order valence-corrected chi connectivity index (χ2v) is 6.76. The standard InChI is InChI=1S/C15H25N3O2/c1-10(7-8-16)18(4)13(19)15(17)11-6-5-9-20-12(11)14(15,2)3/h10-12H,5-7,9,17H2,1-4H3. The molecular weight excluding hydrogens is 254 g/mol. The van der Waals surface area contributed by atoms with Crippen molar-refractivity contribution in [3.8, 4) is 6.07 Å². The summed E-state index contributed by atoms with van der Waals surface area (Å²) < 4.78 is 5.82. The van der Waals surface area contributed by atoms with Crippen molar-refractivity contribution >= 4 is 5.91 Å². The number of carbonyl (C=O) groups excluding carboxylic acids is 1.